The quantitative estimate of drug-likeness (QED) is 0.759. The van der Waals surface area contributed by atoms with Crippen LogP contribution in [0.25, 0.3) is 0 Å². The third-order valence-electron chi connectivity index (χ3n) is 5.37. The van der Waals surface area contributed by atoms with E-state index in [1.807, 2.05) is 0 Å². The summed E-state index contributed by atoms with van der Waals surface area (Å²) in [5.41, 5.74) is -0.709. The molecule has 3 heteroatoms. The summed E-state index contributed by atoms with van der Waals surface area (Å²) >= 11 is 0. The lowest BCUT2D eigenvalue weighted by Gasteiger charge is -2.44. The summed E-state index contributed by atoms with van der Waals surface area (Å²) in [6.45, 7) is 4.22. The van der Waals surface area contributed by atoms with Crippen molar-refractivity contribution in [2.75, 3.05) is 6.61 Å². The van der Waals surface area contributed by atoms with Gasteiger partial charge in [-0.05, 0) is 57.8 Å². The molecule has 2 bridgehead atoms. The van der Waals surface area contributed by atoms with Crippen molar-refractivity contribution in [2.45, 2.75) is 57.2 Å². The molecule has 4 atom stereocenters. The Balaban J connectivity index is 1.97. The number of fused-ring (bicyclic) bond motifs is 1. The standard InChI is InChI=1S/C14H22O3/c1-13(2)11-6-5-10-4-3-9(8-15)12(16)14(10,7-11)17-13/h9-11,15H,3-8H2,1-2H3. The van der Waals surface area contributed by atoms with Crippen LogP contribution >= 0.6 is 0 Å². The van der Waals surface area contributed by atoms with E-state index in [9.17, 15) is 9.90 Å². The van der Waals surface area contributed by atoms with E-state index in [1.165, 1.54) is 6.42 Å². The smallest absolute Gasteiger partial charge is 0.170 e. The lowest BCUT2D eigenvalue weighted by molar-refractivity contribution is -0.171. The molecule has 3 aliphatic rings. The fraction of sp³-hybridized carbons (Fsp3) is 0.929. The lowest BCUT2D eigenvalue weighted by atomic mass is 9.61. The molecule has 4 unspecified atom stereocenters. The maximum absolute atomic E-state index is 12.6. The molecular weight excluding hydrogens is 216 g/mol. The Morgan fingerprint density at radius 1 is 1.24 bits per heavy atom. The van der Waals surface area contributed by atoms with Crippen LogP contribution in [0.3, 0.4) is 0 Å². The number of ketones is 1. The average Bonchev–Trinajstić information content (AvgIpc) is 2.49. The Morgan fingerprint density at radius 2 is 1.88 bits per heavy atom. The topological polar surface area (TPSA) is 46.5 Å². The third kappa shape index (κ3) is 1.45. The van der Waals surface area contributed by atoms with E-state index in [-0.39, 0.29) is 23.9 Å². The number of aliphatic hydroxyl groups is 1. The summed E-state index contributed by atoms with van der Waals surface area (Å²) in [6.07, 6.45) is 5.09. The van der Waals surface area contributed by atoms with Crippen molar-refractivity contribution < 1.29 is 14.6 Å². The molecule has 0 aromatic carbocycles. The zero-order valence-electron chi connectivity index (χ0n) is 10.7. The predicted octanol–water partition coefficient (Wildman–Crippen LogP) is 1.92. The summed E-state index contributed by atoms with van der Waals surface area (Å²) in [5.74, 6) is 0.918. The van der Waals surface area contributed by atoms with Gasteiger partial charge in [0, 0.05) is 5.92 Å². The molecule has 3 nitrogen and oxygen atoms in total. The Labute approximate surface area is 103 Å². The van der Waals surface area contributed by atoms with Crippen molar-refractivity contribution >= 4 is 5.78 Å². The molecule has 96 valence electrons. The van der Waals surface area contributed by atoms with Crippen LogP contribution < -0.4 is 0 Å². The van der Waals surface area contributed by atoms with Crippen LogP contribution in [0, 0.1) is 17.8 Å². The molecule has 0 radical (unpaired) electrons. The van der Waals surface area contributed by atoms with Crippen LogP contribution in [0.15, 0.2) is 0 Å². The van der Waals surface area contributed by atoms with Crippen LogP contribution in [-0.2, 0) is 9.53 Å². The first kappa shape index (κ1) is 11.7. The molecule has 0 aromatic rings. The maximum atomic E-state index is 12.6. The summed E-state index contributed by atoms with van der Waals surface area (Å²) in [6, 6.07) is 0. The van der Waals surface area contributed by atoms with Gasteiger partial charge in [0.2, 0.25) is 0 Å². The summed E-state index contributed by atoms with van der Waals surface area (Å²) in [5, 5.41) is 9.33. The highest BCUT2D eigenvalue weighted by atomic mass is 16.5. The normalized spacial score (nSPS) is 47.9. The lowest BCUT2D eigenvalue weighted by Crippen LogP contribution is -2.54. The molecule has 1 aliphatic heterocycles. The average molecular weight is 238 g/mol. The molecular formula is C14H22O3. The summed E-state index contributed by atoms with van der Waals surface area (Å²) < 4.78 is 6.25. The molecule has 2 aliphatic carbocycles. The molecule has 1 heterocycles. The van der Waals surface area contributed by atoms with Crippen LogP contribution in [0.4, 0.5) is 0 Å². The Bertz CT molecular complexity index is 349. The highest BCUT2D eigenvalue weighted by Gasteiger charge is 2.63. The molecule has 0 aromatic heterocycles. The fourth-order valence-electron chi connectivity index (χ4n) is 4.32. The molecule has 17 heavy (non-hydrogen) atoms. The fourth-order valence-corrected chi connectivity index (χ4v) is 4.32. The first-order valence-electron chi connectivity index (χ1n) is 6.85. The van der Waals surface area contributed by atoms with Crippen LogP contribution in [0.5, 0.6) is 0 Å². The third-order valence-corrected chi connectivity index (χ3v) is 5.37. The van der Waals surface area contributed by atoms with E-state index in [2.05, 4.69) is 13.8 Å². The Hall–Kier alpha value is -0.410. The highest BCUT2D eigenvalue weighted by molar-refractivity contribution is 5.91. The first-order chi connectivity index (χ1) is 7.99. The zero-order valence-corrected chi connectivity index (χ0v) is 10.7. The van der Waals surface area contributed by atoms with Gasteiger partial charge in [-0.3, -0.25) is 4.79 Å². The minimum absolute atomic E-state index is 0.0121. The minimum atomic E-state index is -0.544. The van der Waals surface area contributed by atoms with Gasteiger partial charge in [0.15, 0.2) is 5.78 Å². The number of aliphatic hydroxyl groups excluding tert-OH is 1. The van der Waals surface area contributed by atoms with E-state index in [0.717, 1.165) is 25.7 Å². The van der Waals surface area contributed by atoms with Gasteiger partial charge >= 0.3 is 0 Å². The number of ether oxygens (including phenoxy) is 1. The zero-order chi connectivity index (χ0) is 12.3. The second-order valence-corrected chi connectivity index (χ2v) is 6.59. The van der Waals surface area contributed by atoms with Gasteiger partial charge in [-0.15, -0.1) is 0 Å². The molecule has 2 saturated carbocycles. The van der Waals surface area contributed by atoms with E-state index < -0.39 is 5.60 Å². The van der Waals surface area contributed by atoms with E-state index in [4.69, 9.17) is 4.74 Å². The van der Waals surface area contributed by atoms with Gasteiger partial charge < -0.3 is 9.84 Å². The number of Topliss-reactive ketones (excluding diaryl/α,β-unsaturated/α-hetero) is 1. The summed E-state index contributed by atoms with van der Waals surface area (Å²) in [4.78, 5) is 12.6. The first-order valence-corrected chi connectivity index (χ1v) is 6.85. The van der Waals surface area contributed by atoms with E-state index in [0.29, 0.717) is 11.8 Å². The summed E-state index contributed by atoms with van der Waals surface area (Å²) in [7, 11) is 0. The number of rotatable bonds is 1. The van der Waals surface area contributed by atoms with Crippen molar-refractivity contribution in [3.05, 3.63) is 0 Å². The van der Waals surface area contributed by atoms with E-state index in [1.54, 1.807) is 0 Å². The maximum Gasteiger partial charge on any atom is 0.170 e. The van der Waals surface area contributed by atoms with Gasteiger partial charge in [-0.2, -0.15) is 0 Å². The van der Waals surface area contributed by atoms with Gasteiger partial charge in [0.05, 0.1) is 12.2 Å². The minimum Gasteiger partial charge on any atom is -0.396 e. The van der Waals surface area contributed by atoms with Crippen LogP contribution in [-0.4, -0.2) is 28.7 Å². The number of carbonyl (C=O) groups excluding carboxylic acids is 1. The molecule has 3 rings (SSSR count). The molecule has 0 amide bonds. The van der Waals surface area contributed by atoms with Crippen LogP contribution in [0.1, 0.15) is 46.0 Å². The molecule has 3 fully saturated rings. The SMILES string of the molecule is CC1(C)OC23CC1CCC2CCC(CO)C3=O. The van der Waals surface area contributed by atoms with E-state index >= 15 is 0 Å². The number of carbonyl (C=O) groups is 1. The van der Waals surface area contributed by atoms with Gasteiger partial charge in [-0.1, -0.05) is 0 Å². The largest absolute Gasteiger partial charge is 0.396 e. The number of hydrogen-bond donors (Lipinski definition) is 1. The Kier molecular flexibility index (Phi) is 2.43. The van der Waals surface area contributed by atoms with Crippen LogP contribution in [0.2, 0.25) is 0 Å². The second-order valence-electron chi connectivity index (χ2n) is 6.59. The highest BCUT2D eigenvalue weighted by Crippen LogP contribution is 2.57. The number of hydrogen-bond acceptors (Lipinski definition) is 3. The van der Waals surface area contributed by atoms with Crippen molar-refractivity contribution in [3.8, 4) is 0 Å². The van der Waals surface area contributed by atoms with Gasteiger partial charge in [0.25, 0.3) is 0 Å². The molecule has 1 saturated heterocycles. The van der Waals surface area contributed by atoms with Crippen molar-refractivity contribution in [3.63, 3.8) is 0 Å². The monoisotopic (exact) mass is 238 g/mol. The van der Waals surface area contributed by atoms with Crippen molar-refractivity contribution in [1.29, 1.82) is 0 Å². The molecule has 1 N–H and O–H groups in total. The van der Waals surface area contributed by atoms with Crippen molar-refractivity contribution in [2.24, 2.45) is 17.8 Å². The van der Waals surface area contributed by atoms with Crippen molar-refractivity contribution in [1.82, 2.24) is 0 Å². The molecule has 1 spiro atoms. The second kappa shape index (κ2) is 3.55. The van der Waals surface area contributed by atoms with Gasteiger partial charge in [-0.25, -0.2) is 0 Å². The van der Waals surface area contributed by atoms with Gasteiger partial charge in [0.1, 0.15) is 5.60 Å². The predicted molar refractivity (Wildman–Crippen MR) is 63.5 cm³/mol. The Morgan fingerprint density at radius 3 is 2.59 bits per heavy atom.